The number of fused-ring (bicyclic) bond motifs is 1. The average Bonchev–Trinajstić information content (AvgIpc) is 3.28. The molecule has 1 saturated heterocycles. The maximum atomic E-state index is 12.6. The van der Waals surface area contributed by atoms with Gasteiger partial charge in [-0.25, -0.2) is 15.0 Å². The predicted octanol–water partition coefficient (Wildman–Crippen LogP) is 3.22. The minimum atomic E-state index is -0.229. The summed E-state index contributed by atoms with van der Waals surface area (Å²) in [5.41, 5.74) is 2.35. The number of hydrogen-bond donors (Lipinski definition) is 1. The van der Waals surface area contributed by atoms with Crippen molar-refractivity contribution in [1.29, 1.82) is 0 Å². The Morgan fingerprint density at radius 3 is 2.53 bits per heavy atom. The van der Waals surface area contributed by atoms with Crippen LogP contribution in [0.1, 0.15) is 10.4 Å². The first-order valence-electron chi connectivity index (χ1n) is 11.0. The van der Waals surface area contributed by atoms with Crippen LogP contribution in [0, 0.1) is 0 Å². The van der Waals surface area contributed by atoms with E-state index in [1.807, 2.05) is 31.3 Å². The van der Waals surface area contributed by atoms with Crippen molar-refractivity contribution < 1.29 is 4.79 Å². The number of thiazole rings is 1. The molecule has 5 rings (SSSR count). The number of nitrogens with zero attached hydrogens (tertiary/aromatic N) is 7. The molecule has 0 atom stereocenters. The highest BCUT2D eigenvalue weighted by atomic mass is 32.1. The summed E-state index contributed by atoms with van der Waals surface area (Å²) in [5, 5.41) is 4.72. The van der Waals surface area contributed by atoms with E-state index < -0.39 is 0 Å². The molecule has 174 valence electrons. The van der Waals surface area contributed by atoms with Gasteiger partial charge in [0, 0.05) is 68.3 Å². The summed E-state index contributed by atoms with van der Waals surface area (Å²) in [6.45, 7) is 1.84. The number of aromatic nitrogens is 4. The van der Waals surface area contributed by atoms with Crippen LogP contribution in [0.3, 0.4) is 0 Å². The molecule has 9 nitrogen and oxygen atoms in total. The topological polar surface area (TPSA) is 90.4 Å². The average molecular weight is 475 g/mol. The second-order valence-electron chi connectivity index (χ2n) is 8.74. The van der Waals surface area contributed by atoms with Crippen molar-refractivity contribution in [1.82, 2.24) is 24.8 Å². The highest BCUT2D eigenvalue weighted by molar-refractivity contribution is 7.19. The first kappa shape index (κ1) is 22.2. The second kappa shape index (κ2) is 8.96. The molecule has 1 N–H and O–H groups in total. The quantitative estimate of drug-likeness (QED) is 0.456. The molecule has 0 saturated carbocycles. The number of amides is 1. The molecule has 0 spiro atoms. The molecule has 1 fully saturated rings. The fourth-order valence-corrected chi connectivity index (χ4v) is 4.65. The van der Waals surface area contributed by atoms with E-state index in [1.165, 1.54) is 0 Å². The van der Waals surface area contributed by atoms with Crippen LogP contribution in [0.15, 0.2) is 49.1 Å². The molecule has 0 aromatic carbocycles. The molecule has 0 unspecified atom stereocenters. The molecule has 5 heterocycles. The molecule has 1 aliphatic heterocycles. The predicted molar refractivity (Wildman–Crippen MR) is 137 cm³/mol. The molecule has 0 aliphatic carbocycles. The van der Waals surface area contributed by atoms with E-state index in [0.29, 0.717) is 17.4 Å². The first-order valence-corrected chi connectivity index (χ1v) is 11.8. The SMILES string of the molecule is CN(C)c1ncc(-c2cc3cc(NC(=O)c4ccncc4)ncc3nc2N2CC(N(C)C)C2)s1. The van der Waals surface area contributed by atoms with Gasteiger partial charge < -0.3 is 20.0 Å². The summed E-state index contributed by atoms with van der Waals surface area (Å²) in [6.07, 6.45) is 6.80. The zero-order valence-corrected chi connectivity index (χ0v) is 20.4. The number of carbonyl (C=O) groups excluding carboxylic acids is 1. The van der Waals surface area contributed by atoms with Crippen LogP contribution in [-0.4, -0.2) is 78.1 Å². The van der Waals surface area contributed by atoms with Crippen molar-refractivity contribution in [3.63, 3.8) is 0 Å². The fourth-order valence-electron chi connectivity index (χ4n) is 3.80. The Balaban J connectivity index is 1.52. The standard InChI is InChI=1S/C24H26N8OS/c1-30(2)17-13-32(14-17)22-18(20-12-27-24(34-20)31(3)4)9-16-10-21(26-11-19(16)28-22)29-23(33)15-5-7-25-8-6-15/h5-12,17H,13-14H2,1-4H3,(H,26,29,33). The van der Waals surface area contributed by atoms with Gasteiger partial charge in [0.15, 0.2) is 5.13 Å². The Kier molecular flexibility index (Phi) is 5.84. The molecule has 34 heavy (non-hydrogen) atoms. The first-order chi connectivity index (χ1) is 16.4. The second-order valence-corrected chi connectivity index (χ2v) is 9.74. The molecule has 4 aromatic rings. The molecular formula is C24H26N8OS. The van der Waals surface area contributed by atoms with Crippen molar-refractivity contribution in [2.24, 2.45) is 0 Å². The van der Waals surface area contributed by atoms with Crippen molar-refractivity contribution in [2.45, 2.75) is 6.04 Å². The van der Waals surface area contributed by atoms with Crippen molar-refractivity contribution in [3.8, 4) is 10.4 Å². The lowest BCUT2D eigenvalue weighted by molar-refractivity contribution is 0.102. The number of nitrogens with one attached hydrogen (secondary N) is 1. The van der Waals surface area contributed by atoms with E-state index >= 15 is 0 Å². The number of likely N-dealkylation sites (N-methyl/N-ethyl adjacent to an activating group) is 1. The monoisotopic (exact) mass is 474 g/mol. The van der Waals surface area contributed by atoms with E-state index in [-0.39, 0.29) is 5.91 Å². The third-order valence-electron chi connectivity index (χ3n) is 5.90. The fraction of sp³-hybridized carbons (Fsp3) is 0.292. The maximum Gasteiger partial charge on any atom is 0.256 e. The van der Waals surface area contributed by atoms with Crippen molar-refractivity contribution in [2.75, 3.05) is 56.4 Å². The Bertz CT molecular complexity index is 1330. The highest BCUT2D eigenvalue weighted by Gasteiger charge is 2.31. The Hall–Kier alpha value is -3.63. The summed E-state index contributed by atoms with van der Waals surface area (Å²) in [4.78, 5) is 38.1. The van der Waals surface area contributed by atoms with Gasteiger partial charge in [0.05, 0.1) is 16.6 Å². The van der Waals surface area contributed by atoms with Gasteiger partial charge in [0.25, 0.3) is 5.91 Å². The lowest BCUT2D eigenvalue weighted by atomic mass is 10.1. The van der Waals surface area contributed by atoms with Gasteiger partial charge in [-0.05, 0) is 38.4 Å². The van der Waals surface area contributed by atoms with E-state index in [9.17, 15) is 4.79 Å². The van der Waals surface area contributed by atoms with E-state index in [4.69, 9.17) is 4.98 Å². The summed E-state index contributed by atoms with van der Waals surface area (Å²) in [5.74, 6) is 1.19. The van der Waals surface area contributed by atoms with Gasteiger partial charge in [-0.1, -0.05) is 11.3 Å². The summed E-state index contributed by atoms with van der Waals surface area (Å²) < 4.78 is 0. The molecule has 0 radical (unpaired) electrons. The maximum absolute atomic E-state index is 12.6. The van der Waals surface area contributed by atoms with Gasteiger partial charge >= 0.3 is 0 Å². The normalized spacial score (nSPS) is 13.9. The van der Waals surface area contributed by atoms with Crippen molar-refractivity contribution >= 4 is 44.9 Å². The van der Waals surface area contributed by atoms with Gasteiger partial charge in [-0.3, -0.25) is 9.78 Å². The Labute approximate surface area is 202 Å². The Morgan fingerprint density at radius 1 is 1.09 bits per heavy atom. The van der Waals surface area contributed by atoms with Crippen LogP contribution in [0.4, 0.5) is 16.8 Å². The summed E-state index contributed by atoms with van der Waals surface area (Å²) in [7, 11) is 8.19. The molecule has 0 bridgehead atoms. The largest absolute Gasteiger partial charge is 0.354 e. The van der Waals surface area contributed by atoms with E-state index in [1.54, 1.807) is 42.1 Å². The number of hydrogen-bond acceptors (Lipinski definition) is 9. The van der Waals surface area contributed by atoms with Crippen molar-refractivity contribution in [3.05, 3.63) is 54.6 Å². The number of carbonyl (C=O) groups is 1. The smallest absolute Gasteiger partial charge is 0.256 e. The van der Waals surface area contributed by atoms with Crippen LogP contribution in [-0.2, 0) is 0 Å². The van der Waals surface area contributed by atoms with Gasteiger partial charge in [-0.15, -0.1) is 0 Å². The lowest BCUT2D eigenvalue weighted by Gasteiger charge is -2.44. The third-order valence-corrected chi connectivity index (χ3v) is 7.10. The number of pyridine rings is 3. The number of rotatable bonds is 6. The van der Waals surface area contributed by atoms with E-state index in [2.05, 4.69) is 50.2 Å². The van der Waals surface area contributed by atoms with Gasteiger partial charge in [-0.2, -0.15) is 0 Å². The van der Waals surface area contributed by atoms with Crippen LogP contribution < -0.4 is 15.1 Å². The Morgan fingerprint density at radius 2 is 1.85 bits per heavy atom. The van der Waals surface area contributed by atoms with E-state index in [0.717, 1.165) is 45.4 Å². The minimum Gasteiger partial charge on any atom is -0.354 e. The molecule has 10 heteroatoms. The summed E-state index contributed by atoms with van der Waals surface area (Å²) >= 11 is 1.63. The third kappa shape index (κ3) is 4.29. The number of anilines is 3. The van der Waals surface area contributed by atoms with Gasteiger partial charge in [0.2, 0.25) is 0 Å². The van der Waals surface area contributed by atoms with Crippen LogP contribution in [0.5, 0.6) is 0 Å². The van der Waals surface area contributed by atoms with Crippen LogP contribution in [0.25, 0.3) is 21.3 Å². The lowest BCUT2D eigenvalue weighted by Crippen LogP contribution is -2.57. The summed E-state index contributed by atoms with van der Waals surface area (Å²) in [6, 6.07) is 7.83. The van der Waals surface area contributed by atoms with Crippen LogP contribution >= 0.6 is 11.3 Å². The zero-order chi connectivity index (χ0) is 23.8. The minimum absolute atomic E-state index is 0.229. The molecule has 1 amide bonds. The molecular weight excluding hydrogens is 448 g/mol. The zero-order valence-electron chi connectivity index (χ0n) is 19.6. The molecule has 4 aromatic heterocycles. The van der Waals surface area contributed by atoms with Gasteiger partial charge in [0.1, 0.15) is 11.6 Å². The molecule has 1 aliphatic rings. The highest BCUT2D eigenvalue weighted by Crippen LogP contribution is 2.39. The van der Waals surface area contributed by atoms with Crippen LogP contribution in [0.2, 0.25) is 0 Å².